The number of nitrogen functional groups attached to an aromatic ring is 2. The van der Waals surface area contributed by atoms with Crippen molar-refractivity contribution >= 4 is 75.1 Å². The molecule has 2 aromatic heterocycles. The van der Waals surface area contributed by atoms with Gasteiger partial charge in [0.15, 0.2) is 16.5 Å². The number of rotatable bonds is 12. The number of oxime groups is 1. The van der Waals surface area contributed by atoms with Gasteiger partial charge >= 0.3 is 11.9 Å². The maximum absolute atomic E-state index is 13.2. The molecule has 4 rings (SSSR count). The number of thioether (sulfide) groups is 1. The molecule has 1 fully saturated rings. The molecule has 2 aliphatic heterocycles. The number of thiazole rings is 1. The number of carboxylic acids is 2. The Morgan fingerprint density at radius 3 is 2.61 bits per heavy atom. The minimum atomic E-state index is -1.79. The van der Waals surface area contributed by atoms with Gasteiger partial charge in [0.2, 0.25) is 11.5 Å². The van der Waals surface area contributed by atoms with Crippen molar-refractivity contribution in [2.45, 2.75) is 43.8 Å². The van der Waals surface area contributed by atoms with Crippen LogP contribution >= 0.6 is 23.1 Å². The normalized spacial score (nSPS) is 18.3. The van der Waals surface area contributed by atoms with E-state index in [1.807, 2.05) is 0 Å². The summed E-state index contributed by atoms with van der Waals surface area (Å²) in [7, 11) is 0. The van der Waals surface area contributed by atoms with Gasteiger partial charge in [-0.15, -0.1) is 23.1 Å². The summed E-state index contributed by atoms with van der Waals surface area (Å²) in [5, 5.41) is 28.9. The molecule has 10 N–H and O–H groups in total. The van der Waals surface area contributed by atoms with Gasteiger partial charge in [0.05, 0.1) is 0 Å². The van der Waals surface area contributed by atoms with E-state index in [0.29, 0.717) is 5.57 Å². The van der Waals surface area contributed by atoms with E-state index < -0.39 is 46.5 Å². The maximum Gasteiger partial charge on any atom is 0.352 e. The Morgan fingerprint density at radius 2 is 2.00 bits per heavy atom. The van der Waals surface area contributed by atoms with Crippen molar-refractivity contribution < 1.29 is 43.6 Å². The number of β-lactam (4-membered cyclic amide) rings is 1. The highest BCUT2D eigenvalue weighted by Gasteiger charge is 2.54. The van der Waals surface area contributed by atoms with Crippen molar-refractivity contribution in [3.05, 3.63) is 34.9 Å². The van der Waals surface area contributed by atoms with Crippen LogP contribution in [0.25, 0.3) is 0 Å². The third kappa shape index (κ3) is 6.71. The molecule has 2 unspecified atom stereocenters. The minimum Gasteiger partial charge on any atom is -0.478 e. The molecule has 0 radical (unpaired) electrons. The molecule has 0 aromatic carbocycles. The summed E-state index contributed by atoms with van der Waals surface area (Å²) in [6.07, 6.45) is 2.91. The fraction of sp³-hybridized carbons (Fsp3) is 0.375. The molecule has 2 atom stereocenters. The standard InChI is InChI=1S/C24H28N10O8S2/c1-24(2,22(40)41)42-32-14(12-8-44-23(27)30-12)18(36)31-15-19(37)34-16(21(38)39)10(7-43-20(15)34)5-33-6-11(17(26)28-9-33)29-13(35)3-4-25/h6,8-9,15,20,26H,3-5,7,25H2,1-2H3,(H6,27,29,30,31,35,36,38,39,40,41)/p+1. The smallest absolute Gasteiger partial charge is 0.352 e. The second-order valence-corrected chi connectivity index (χ2v) is 12.0. The number of carbonyl (C=O) groups is 5. The lowest BCUT2D eigenvalue weighted by molar-refractivity contribution is -0.691. The molecule has 0 aliphatic carbocycles. The van der Waals surface area contributed by atoms with Gasteiger partial charge in [-0.3, -0.25) is 19.3 Å². The number of nitrogens with two attached hydrogens (primary N) is 3. The highest BCUT2D eigenvalue weighted by atomic mass is 32.2. The molecular formula is C24H29N10O8S2+. The van der Waals surface area contributed by atoms with E-state index in [4.69, 9.17) is 22.0 Å². The Balaban J connectivity index is 1.54. The fourth-order valence-electron chi connectivity index (χ4n) is 4.03. The number of anilines is 3. The van der Waals surface area contributed by atoms with Gasteiger partial charge in [-0.25, -0.2) is 19.1 Å². The number of hydrogen-bond acceptors (Lipinski definition) is 14. The lowest BCUT2D eigenvalue weighted by Crippen LogP contribution is -2.71. The summed E-state index contributed by atoms with van der Waals surface area (Å²) in [4.78, 5) is 76.4. The van der Waals surface area contributed by atoms with E-state index in [9.17, 15) is 34.2 Å². The van der Waals surface area contributed by atoms with Gasteiger partial charge in [0.1, 0.15) is 35.5 Å². The fourth-order valence-corrected chi connectivity index (χ4v) is 5.92. The summed E-state index contributed by atoms with van der Waals surface area (Å²) < 4.78 is 1.51. The van der Waals surface area contributed by atoms with Gasteiger partial charge in [-0.1, -0.05) is 5.16 Å². The SMILES string of the molecule is CC(C)(ON=C(C(=O)NC1C(=O)N2C(C(=O)O)=C(C[n+]3cnc(N)c(NC(=O)CCN)c3)CSC12)c1csc(N)n1)C(=O)O. The Hall–Kier alpha value is -4.82. The Kier molecular flexibility index (Phi) is 9.35. The minimum absolute atomic E-state index is 0.00718. The first-order valence-electron chi connectivity index (χ1n) is 12.8. The number of amides is 3. The number of hydrogen-bond donors (Lipinski definition) is 7. The second kappa shape index (κ2) is 12.8. The lowest BCUT2D eigenvalue weighted by Gasteiger charge is -2.49. The summed E-state index contributed by atoms with van der Waals surface area (Å²) in [5.74, 6) is -4.44. The van der Waals surface area contributed by atoms with E-state index in [0.717, 1.165) is 16.2 Å². The van der Waals surface area contributed by atoms with Crippen LogP contribution < -0.4 is 32.4 Å². The zero-order chi connectivity index (χ0) is 32.3. The van der Waals surface area contributed by atoms with E-state index in [1.54, 1.807) is 0 Å². The molecule has 44 heavy (non-hydrogen) atoms. The van der Waals surface area contributed by atoms with Crippen LogP contribution in [0.2, 0.25) is 0 Å². The molecule has 234 valence electrons. The first kappa shape index (κ1) is 32.1. The van der Waals surface area contributed by atoms with E-state index in [1.165, 1.54) is 48.1 Å². The van der Waals surface area contributed by atoms with Crippen molar-refractivity contribution in [3.8, 4) is 0 Å². The monoisotopic (exact) mass is 649 g/mol. The molecule has 2 aliphatic rings. The number of fused-ring (bicyclic) bond motifs is 1. The molecule has 0 spiro atoms. The Bertz CT molecular complexity index is 1590. The second-order valence-electron chi connectivity index (χ2n) is 9.97. The highest BCUT2D eigenvalue weighted by Crippen LogP contribution is 2.40. The first-order chi connectivity index (χ1) is 20.7. The van der Waals surface area contributed by atoms with Crippen molar-refractivity contribution in [1.82, 2.24) is 20.2 Å². The van der Waals surface area contributed by atoms with Crippen LogP contribution in [0.4, 0.5) is 16.6 Å². The molecule has 18 nitrogen and oxygen atoms in total. The molecule has 2 aromatic rings. The number of nitrogens with one attached hydrogen (secondary N) is 2. The molecule has 0 saturated carbocycles. The summed E-state index contributed by atoms with van der Waals surface area (Å²) in [6, 6.07) is -1.13. The van der Waals surface area contributed by atoms with Crippen LogP contribution in [0.15, 0.2) is 34.3 Å². The molecule has 4 heterocycles. The van der Waals surface area contributed by atoms with Crippen molar-refractivity contribution in [1.29, 1.82) is 0 Å². The molecule has 3 amide bonds. The van der Waals surface area contributed by atoms with E-state index in [-0.39, 0.29) is 59.2 Å². The number of aromatic nitrogens is 3. The summed E-state index contributed by atoms with van der Waals surface area (Å²) in [5.41, 5.74) is 15.1. The lowest BCUT2D eigenvalue weighted by atomic mass is 10.0. The largest absolute Gasteiger partial charge is 0.478 e. The van der Waals surface area contributed by atoms with Crippen LogP contribution in [0.5, 0.6) is 0 Å². The van der Waals surface area contributed by atoms with Crippen molar-refractivity contribution in [3.63, 3.8) is 0 Å². The Labute approximate surface area is 257 Å². The van der Waals surface area contributed by atoms with Crippen LogP contribution in [0.1, 0.15) is 26.0 Å². The highest BCUT2D eigenvalue weighted by molar-refractivity contribution is 8.00. The summed E-state index contributed by atoms with van der Waals surface area (Å²) in [6.45, 7) is 2.60. The van der Waals surface area contributed by atoms with Crippen LogP contribution in [-0.2, 0) is 35.4 Å². The molecule has 0 bridgehead atoms. The quantitative estimate of drug-likeness (QED) is 0.0584. The number of carbonyl (C=O) groups excluding carboxylic acids is 3. The average molecular weight is 650 g/mol. The third-order valence-corrected chi connectivity index (χ3v) is 8.34. The van der Waals surface area contributed by atoms with E-state index in [2.05, 4.69) is 25.8 Å². The van der Waals surface area contributed by atoms with Gasteiger partial charge < -0.3 is 42.9 Å². The number of aliphatic carboxylic acids is 2. The van der Waals surface area contributed by atoms with Gasteiger partial charge in [0, 0.05) is 29.7 Å². The average Bonchev–Trinajstić information content (AvgIpc) is 3.38. The van der Waals surface area contributed by atoms with Gasteiger partial charge in [0.25, 0.3) is 24.0 Å². The Morgan fingerprint density at radius 1 is 1.27 bits per heavy atom. The predicted molar refractivity (Wildman–Crippen MR) is 157 cm³/mol. The third-order valence-electron chi connectivity index (χ3n) is 6.33. The maximum atomic E-state index is 13.2. The number of nitrogens with zero attached hydrogens (tertiary/aromatic N) is 5. The molecular weight excluding hydrogens is 620 g/mol. The zero-order valence-electron chi connectivity index (χ0n) is 23.3. The molecule has 20 heteroatoms. The number of carboxylic acid groups (broad SMARTS) is 2. The van der Waals surface area contributed by atoms with Gasteiger partial charge in [-0.05, 0) is 18.8 Å². The topological polar surface area (TPSA) is 282 Å². The van der Waals surface area contributed by atoms with Crippen LogP contribution in [-0.4, -0.2) is 89.8 Å². The van der Waals surface area contributed by atoms with Crippen LogP contribution in [0.3, 0.4) is 0 Å². The van der Waals surface area contributed by atoms with Crippen molar-refractivity contribution in [2.24, 2.45) is 10.9 Å². The van der Waals surface area contributed by atoms with Crippen LogP contribution in [0, 0.1) is 0 Å². The zero-order valence-corrected chi connectivity index (χ0v) is 25.0. The van der Waals surface area contributed by atoms with Crippen molar-refractivity contribution in [2.75, 3.05) is 29.1 Å². The predicted octanol–water partition coefficient (Wildman–Crippen LogP) is -1.70. The summed E-state index contributed by atoms with van der Waals surface area (Å²) >= 11 is 2.22. The van der Waals surface area contributed by atoms with E-state index >= 15 is 0 Å². The molecule has 1 saturated heterocycles. The first-order valence-corrected chi connectivity index (χ1v) is 14.7. The van der Waals surface area contributed by atoms with Gasteiger partial charge in [-0.2, -0.15) is 0 Å².